The van der Waals surface area contributed by atoms with E-state index in [0.717, 1.165) is 4.90 Å². The number of nitrogens with zero attached hydrogens (tertiary/aromatic N) is 1. The van der Waals surface area contributed by atoms with Crippen LogP contribution >= 0.6 is 0 Å². The largest absolute Gasteiger partial charge is 0.511 e. The van der Waals surface area contributed by atoms with E-state index in [1.54, 1.807) is 24.3 Å². The second kappa shape index (κ2) is 8.39. The van der Waals surface area contributed by atoms with Crippen LogP contribution in [0.25, 0.3) is 0 Å². The number of piperidine rings is 1. The fourth-order valence-electron chi connectivity index (χ4n) is 3.76. The Bertz CT molecular complexity index is 1030. The van der Waals surface area contributed by atoms with Crippen molar-refractivity contribution in [3.05, 3.63) is 65.9 Å². The zero-order valence-corrected chi connectivity index (χ0v) is 16.4. The highest BCUT2D eigenvalue weighted by Gasteiger charge is 2.42. The summed E-state index contributed by atoms with van der Waals surface area (Å²) in [5.41, 5.74) is 0.00884. The summed E-state index contributed by atoms with van der Waals surface area (Å²) in [5, 5.41) is 25.1. The van der Waals surface area contributed by atoms with Gasteiger partial charge in [-0.1, -0.05) is 18.2 Å². The van der Waals surface area contributed by atoms with Crippen LogP contribution in [0.2, 0.25) is 0 Å². The number of para-hydroxylation sites is 1. The number of anilines is 1. The summed E-state index contributed by atoms with van der Waals surface area (Å²) in [4.78, 5) is 37.5. The van der Waals surface area contributed by atoms with Gasteiger partial charge in [0.1, 0.15) is 22.8 Å². The second-order valence-corrected chi connectivity index (χ2v) is 7.36. The molecule has 0 saturated carbocycles. The number of fused-ring (bicyclic) bond motifs is 1. The van der Waals surface area contributed by atoms with Crippen LogP contribution in [0.15, 0.2) is 65.9 Å². The molecule has 2 aliphatic rings. The van der Waals surface area contributed by atoms with Crippen molar-refractivity contribution in [3.8, 4) is 11.5 Å². The quantitative estimate of drug-likeness (QED) is 0.560. The molecule has 9 nitrogen and oxygen atoms in total. The van der Waals surface area contributed by atoms with Crippen molar-refractivity contribution in [2.75, 3.05) is 18.4 Å². The minimum atomic E-state index is -1.10. The van der Waals surface area contributed by atoms with Crippen LogP contribution in [-0.4, -0.2) is 52.2 Å². The lowest BCUT2D eigenvalue weighted by Crippen LogP contribution is -2.56. The molecule has 0 radical (unpaired) electrons. The van der Waals surface area contributed by atoms with Gasteiger partial charge in [-0.25, -0.2) is 4.79 Å². The number of hydrogen-bond acceptors (Lipinski definition) is 5. The molecule has 1 saturated heterocycles. The number of aliphatic hydroxyl groups excluding tert-OH is 1. The maximum atomic E-state index is 12.7. The minimum Gasteiger partial charge on any atom is -0.511 e. The molecule has 2 atom stereocenters. The molecule has 2 aromatic rings. The third-order valence-corrected chi connectivity index (χ3v) is 5.35. The van der Waals surface area contributed by atoms with Crippen LogP contribution in [0.3, 0.4) is 0 Å². The van der Waals surface area contributed by atoms with Crippen molar-refractivity contribution < 1.29 is 29.3 Å². The molecule has 4 N–H and O–H groups in total. The highest BCUT2D eigenvalue weighted by Crippen LogP contribution is 2.30. The number of amides is 3. The lowest BCUT2D eigenvalue weighted by molar-refractivity contribution is -0.124. The van der Waals surface area contributed by atoms with Crippen LogP contribution in [0.5, 0.6) is 11.5 Å². The van der Waals surface area contributed by atoms with Crippen molar-refractivity contribution in [2.45, 2.75) is 12.5 Å². The molecule has 1 fully saturated rings. The number of hydrogen-bond donors (Lipinski definition) is 4. The summed E-state index contributed by atoms with van der Waals surface area (Å²) in [6.45, 7) is 0.261. The highest BCUT2D eigenvalue weighted by atomic mass is 16.5. The molecular weight excluding hydrogens is 402 g/mol. The average molecular weight is 423 g/mol. The molecule has 0 spiro atoms. The maximum Gasteiger partial charge on any atom is 0.407 e. The predicted molar refractivity (Wildman–Crippen MR) is 111 cm³/mol. The zero-order chi connectivity index (χ0) is 22.0. The van der Waals surface area contributed by atoms with Crippen molar-refractivity contribution in [1.29, 1.82) is 0 Å². The Labute approximate surface area is 177 Å². The van der Waals surface area contributed by atoms with Gasteiger partial charge in [0.05, 0.1) is 5.92 Å². The molecule has 2 heterocycles. The molecule has 2 aromatic carbocycles. The van der Waals surface area contributed by atoms with Crippen molar-refractivity contribution in [2.24, 2.45) is 5.92 Å². The molecule has 0 aromatic heterocycles. The van der Waals surface area contributed by atoms with E-state index in [1.807, 2.05) is 30.3 Å². The number of carbonyl (C=O) groups excluding carboxylic acids is 2. The van der Waals surface area contributed by atoms with Crippen molar-refractivity contribution >= 4 is 23.6 Å². The number of carboxylic acid groups (broad SMARTS) is 1. The maximum absolute atomic E-state index is 12.7. The molecule has 3 amide bonds. The molecule has 2 aliphatic heterocycles. The van der Waals surface area contributed by atoms with Gasteiger partial charge in [0, 0.05) is 24.8 Å². The van der Waals surface area contributed by atoms with Crippen LogP contribution < -0.4 is 15.4 Å². The van der Waals surface area contributed by atoms with Gasteiger partial charge in [-0.2, -0.15) is 0 Å². The Kier molecular flexibility index (Phi) is 5.48. The molecule has 0 aliphatic carbocycles. The Hall–Kier alpha value is -4.01. The highest BCUT2D eigenvalue weighted by molar-refractivity contribution is 6.23. The molecule has 4 rings (SSSR count). The summed E-state index contributed by atoms with van der Waals surface area (Å²) in [6, 6.07) is 15.4. The van der Waals surface area contributed by atoms with E-state index in [2.05, 4.69) is 10.6 Å². The molecule has 0 bridgehead atoms. The normalized spacial score (nSPS) is 20.5. The van der Waals surface area contributed by atoms with Gasteiger partial charge < -0.3 is 30.5 Å². The van der Waals surface area contributed by atoms with Gasteiger partial charge in [-0.15, -0.1) is 0 Å². The second-order valence-electron chi connectivity index (χ2n) is 7.36. The minimum absolute atomic E-state index is 0.00835. The topological polar surface area (TPSA) is 128 Å². The van der Waals surface area contributed by atoms with Crippen molar-refractivity contribution in [3.63, 3.8) is 0 Å². The standard InChI is InChI=1S/C22H21N3O6/c26-19-16-12-25(22(29)30)11-10-17(16)24-21(28)18(19)20(27)23-13-6-8-15(9-7-13)31-14-4-2-1-3-5-14/h1-9,16-17,26H,10-12H2,(H,23,27)(H,24,28)(H,29,30). The summed E-state index contributed by atoms with van der Waals surface area (Å²) >= 11 is 0. The smallest absolute Gasteiger partial charge is 0.407 e. The number of aliphatic hydroxyl groups is 1. The van der Waals surface area contributed by atoms with Crippen LogP contribution in [0.4, 0.5) is 10.5 Å². The van der Waals surface area contributed by atoms with Crippen molar-refractivity contribution in [1.82, 2.24) is 10.2 Å². The number of benzene rings is 2. The monoisotopic (exact) mass is 423 g/mol. The number of ether oxygens (including phenoxy) is 1. The van der Waals surface area contributed by atoms with Gasteiger partial charge in [0.25, 0.3) is 11.8 Å². The van der Waals surface area contributed by atoms with Crippen LogP contribution in [-0.2, 0) is 9.59 Å². The average Bonchev–Trinajstić information content (AvgIpc) is 2.75. The third kappa shape index (κ3) is 4.30. The Balaban J connectivity index is 1.47. The van der Waals surface area contributed by atoms with Gasteiger partial charge in [0.15, 0.2) is 0 Å². The first kappa shape index (κ1) is 20.3. The first-order valence-corrected chi connectivity index (χ1v) is 9.78. The van der Waals surface area contributed by atoms with Gasteiger partial charge in [-0.05, 0) is 42.8 Å². The molecule has 160 valence electrons. The third-order valence-electron chi connectivity index (χ3n) is 5.35. The molecule has 9 heteroatoms. The fraction of sp³-hybridized carbons (Fsp3) is 0.227. The van der Waals surface area contributed by atoms with Gasteiger partial charge in [-0.3, -0.25) is 9.59 Å². The Morgan fingerprint density at radius 3 is 2.42 bits per heavy atom. The summed E-state index contributed by atoms with van der Waals surface area (Å²) < 4.78 is 5.70. The number of carbonyl (C=O) groups is 3. The predicted octanol–water partition coefficient (Wildman–Crippen LogP) is 2.73. The first-order valence-electron chi connectivity index (χ1n) is 9.78. The van der Waals surface area contributed by atoms with Crippen LogP contribution in [0.1, 0.15) is 6.42 Å². The first-order chi connectivity index (χ1) is 14.9. The molecule has 31 heavy (non-hydrogen) atoms. The van der Waals surface area contributed by atoms with Gasteiger partial charge >= 0.3 is 6.09 Å². The summed E-state index contributed by atoms with van der Waals surface area (Å²) in [5.74, 6) is -1.25. The summed E-state index contributed by atoms with van der Waals surface area (Å²) in [6.07, 6.45) is -0.739. The number of rotatable bonds is 4. The summed E-state index contributed by atoms with van der Waals surface area (Å²) in [7, 11) is 0. The fourth-order valence-corrected chi connectivity index (χ4v) is 3.76. The number of nitrogens with one attached hydrogen (secondary N) is 2. The van der Waals surface area contributed by atoms with E-state index in [4.69, 9.17) is 4.74 Å². The van der Waals surface area contributed by atoms with Crippen LogP contribution in [0, 0.1) is 5.92 Å². The van der Waals surface area contributed by atoms with E-state index < -0.39 is 35.4 Å². The van der Waals surface area contributed by atoms with Gasteiger partial charge in [0.2, 0.25) is 0 Å². The van der Waals surface area contributed by atoms with E-state index in [0.29, 0.717) is 23.6 Å². The van der Waals surface area contributed by atoms with E-state index in [9.17, 15) is 24.6 Å². The molecular formula is C22H21N3O6. The van der Waals surface area contributed by atoms with E-state index in [1.165, 1.54) is 0 Å². The van der Waals surface area contributed by atoms with E-state index >= 15 is 0 Å². The SMILES string of the molecule is O=C(Nc1ccc(Oc2ccccc2)cc1)C1=C(O)C2CN(C(=O)O)CCC2NC1=O. The van der Waals surface area contributed by atoms with E-state index in [-0.39, 0.29) is 18.8 Å². The lowest BCUT2D eigenvalue weighted by Gasteiger charge is -2.40. The zero-order valence-electron chi connectivity index (χ0n) is 16.4. The molecule has 2 unspecified atom stereocenters. The Morgan fingerprint density at radius 2 is 1.74 bits per heavy atom. The lowest BCUT2D eigenvalue weighted by atomic mass is 9.85. The Morgan fingerprint density at radius 1 is 1.06 bits per heavy atom. The number of likely N-dealkylation sites (tertiary alicyclic amines) is 1.